The minimum atomic E-state index is -0.793. The average Bonchev–Trinajstić information content (AvgIpc) is 2.80. The summed E-state index contributed by atoms with van der Waals surface area (Å²) in [5.41, 5.74) is -0.488. The Labute approximate surface area is 130 Å². The second-order valence-electron chi connectivity index (χ2n) is 5.85. The van der Waals surface area contributed by atoms with Crippen molar-refractivity contribution in [3.05, 3.63) is 30.3 Å². The van der Waals surface area contributed by atoms with E-state index >= 15 is 0 Å². The van der Waals surface area contributed by atoms with Crippen molar-refractivity contribution in [3.63, 3.8) is 0 Å². The molecule has 2 unspecified atom stereocenters. The molecule has 0 saturated heterocycles. The predicted molar refractivity (Wildman–Crippen MR) is 80.5 cm³/mol. The zero-order chi connectivity index (χ0) is 16.0. The predicted octanol–water partition coefficient (Wildman–Crippen LogP) is 0.330. The van der Waals surface area contributed by atoms with Gasteiger partial charge in [0.05, 0.1) is 18.8 Å². The van der Waals surface area contributed by atoms with E-state index in [-0.39, 0.29) is 12.5 Å². The Morgan fingerprint density at radius 3 is 2.50 bits per heavy atom. The number of para-hydroxylation sites is 1. The van der Waals surface area contributed by atoms with Gasteiger partial charge in [-0.3, -0.25) is 4.79 Å². The number of hydrogen-bond acceptors (Lipinski definition) is 5. The molecule has 122 valence electrons. The van der Waals surface area contributed by atoms with Crippen molar-refractivity contribution in [1.82, 2.24) is 5.32 Å². The molecule has 0 heterocycles. The van der Waals surface area contributed by atoms with Crippen LogP contribution in [0.1, 0.15) is 12.8 Å². The molecule has 2 atom stereocenters. The number of methoxy groups -OCH3 is 1. The molecule has 6 nitrogen and oxygen atoms in total. The SMILES string of the molecule is COCC(=O)NCC1(COc2ccccc2)CC(O)C(O)C1. The quantitative estimate of drug-likeness (QED) is 0.675. The summed E-state index contributed by atoms with van der Waals surface area (Å²) >= 11 is 0. The van der Waals surface area contributed by atoms with E-state index < -0.39 is 17.6 Å². The molecular formula is C16H23NO5. The first-order valence-corrected chi connectivity index (χ1v) is 7.34. The molecule has 6 heteroatoms. The molecule has 1 amide bonds. The van der Waals surface area contributed by atoms with Gasteiger partial charge in [0.2, 0.25) is 5.91 Å². The molecule has 22 heavy (non-hydrogen) atoms. The molecule has 1 aromatic rings. The first-order chi connectivity index (χ1) is 10.5. The van der Waals surface area contributed by atoms with Gasteiger partial charge in [-0.05, 0) is 25.0 Å². The number of carbonyl (C=O) groups excluding carboxylic acids is 1. The van der Waals surface area contributed by atoms with Gasteiger partial charge in [-0.25, -0.2) is 0 Å². The number of aliphatic hydroxyl groups excluding tert-OH is 2. The summed E-state index contributed by atoms with van der Waals surface area (Å²) in [5.74, 6) is 0.499. The molecule has 2 rings (SSSR count). The van der Waals surface area contributed by atoms with E-state index in [9.17, 15) is 15.0 Å². The van der Waals surface area contributed by atoms with E-state index in [1.807, 2.05) is 30.3 Å². The summed E-state index contributed by atoms with van der Waals surface area (Å²) in [6.45, 7) is 0.634. The van der Waals surface area contributed by atoms with E-state index in [0.29, 0.717) is 26.0 Å². The number of rotatable bonds is 7. The molecule has 0 aromatic heterocycles. The highest BCUT2D eigenvalue weighted by Gasteiger charge is 2.45. The van der Waals surface area contributed by atoms with E-state index in [2.05, 4.69) is 5.32 Å². The minimum absolute atomic E-state index is 0.0132. The van der Waals surface area contributed by atoms with Crippen LogP contribution in [-0.2, 0) is 9.53 Å². The molecule has 3 N–H and O–H groups in total. The molecular weight excluding hydrogens is 286 g/mol. The lowest BCUT2D eigenvalue weighted by molar-refractivity contribution is -0.125. The molecule has 1 aliphatic carbocycles. The Hall–Kier alpha value is -1.63. The smallest absolute Gasteiger partial charge is 0.246 e. The molecule has 0 radical (unpaired) electrons. The van der Waals surface area contributed by atoms with E-state index in [0.717, 1.165) is 5.75 Å². The van der Waals surface area contributed by atoms with Crippen molar-refractivity contribution in [2.24, 2.45) is 5.41 Å². The zero-order valence-electron chi connectivity index (χ0n) is 12.7. The second kappa shape index (κ2) is 7.58. The van der Waals surface area contributed by atoms with E-state index in [1.165, 1.54) is 7.11 Å². The second-order valence-corrected chi connectivity index (χ2v) is 5.85. The average molecular weight is 309 g/mol. The van der Waals surface area contributed by atoms with Gasteiger partial charge in [-0.2, -0.15) is 0 Å². The maximum absolute atomic E-state index is 11.6. The molecule has 1 aliphatic rings. The third-order valence-corrected chi connectivity index (χ3v) is 3.95. The number of carbonyl (C=O) groups is 1. The molecule has 0 spiro atoms. The third-order valence-electron chi connectivity index (χ3n) is 3.95. The molecule has 0 bridgehead atoms. The summed E-state index contributed by atoms with van der Waals surface area (Å²) in [7, 11) is 1.46. The number of amides is 1. The fourth-order valence-corrected chi connectivity index (χ4v) is 2.78. The standard InChI is InChI=1S/C16H23NO5/c1-21-9-15(20)17-10-16(7-13(18)14(19)8-16)11-22-12-5-3-2-4-6-12/h2-6,13-14,18-19H,7-11H2,1H3,(H,17,20). The fourth-order valence-electron chi connectivity index (χ4n) is 2.78. The van der Waals surface area contributed by atoms with Crippen molar-refractivity contribution in [2.45, 2.75) is 25.0 Å². The van der Waals surface area contributed by atoms with Crippen molar-refractivity contribution in [1.29, 1.82) is 0 Å². The Balaban J connectivity index is 1.98. The maximum Gasteiger partial charge on any atom is 0.246 e. The maximum atomic E-state index is 11.6. The van der Waals surface area contributed by atoms with Gasteiger partial charge in [-0.15, -0.1) is 0 Å². The number of aliphatic hydroxyl groups is 2. The zero-order valence-corrected chi connectivity index (χ0v) is 12.7. The van der Waals surface area contributed by atoms with Crippen LogP contribution in [0.4, 0.5) is 0 Å². The fraction of sp³-hybridized carbons (Fsp3) is 0.562. The lowest BCUT2D eigenvalue weighted by Gasteiger charge is -2.29. The van der Waals surface area contributed by atoms with Crippen LogP contribution in [0.2, 0.25) is 0 Å². The third kappa shape index (κ3) is 4.43. The van der Waals surface area contributed by atoms with Crippen molar-refractivity contribution in [3.8, 4) is 5.75 Å². The first kappa shape index (κ1) is 16.7. The van der Waals surface area contributed by atoms with Gasteiger partial charge in [0.15, 0.2) is 0 Å². The van der Waals surface area contributed by atoms with Crippen molar-refractivity contribution in [2.75, 3.05) is 26.9 Å². The lowest BCUT2D eigenvalue weighted by Crippen LogP contribution is -2.41. The highest BCUT2D eigenvalue weighted by atomic mass is 16.5. The highest BCUT2D eigenvalue weighted by molar-refractivity contribution is 5.77. The van der Waals surface area contributed by atoms with Gasteiger partial charge in [0.1, 0.15) is 12.4 Å². The first-order valence-electron chi connectivity index (χ1n) is 7.34. The number of ether oxygens (including phenoxy) is 2. The van der Waals surface area contributed by atoms with Crippen molar-refractivity contribution < 1.29 is 24.5 Å². The number of benzene rings is 1. The van der Waals surface area contributed by atoms with Crippen LogP contribution >= 0.6 is 0 Å². The molecule has 1 fully saturated rings. The Kier molecular flexibility index (Phi) is 5.76. The number of nitrogens with one attached hydrogen (secondary N) is 1. The van der Waals surface area contributed by atoms with Crippen molar-refractivity contribution >= 4 is 5.91 Å². The van der Waals surface area contributed by atoms with Crippen LogP contribution in [0.5, 0.6) is 5.75 Å². The topological polar surface area (TPSA) is 88.0 Å². The van der Waals surface area contributed by atoms with Crippen LogP contribution in [0.25, 0.3) is 0 Å². The monoisotopic (exact) mass is 309 g/mol. The van der Waals surface area contributed by atoms with Crippen LogP contribution in [-0.4, -0.2) is 55.2 Å². The number of hydrogen-bond donors (Lipinski definition) is 3. The van der Waals surface area contributed by atoms with E-state index in [4.69, 9.17) is 9.47 Å². The molecule has 1 aromatic carbocycles. The summed E-state index contributed by atoms with van der Waals surface area (Å²) in [6, 6.07) is 9.34. The molecule has 0 aliphatic heterocycles. The van der Waals surface area contributed by atoms with E-state index in [1.54, 1.807) is 0 Å². The summed E-state index contributed by atoms with van der Waals surface area (Å²) in [5, 5.41) is 22.5. The van der Waals surface area contributed by atoms with Gasteiger partial charge in [0, 0.05) is 19.1 Å². The summed E-state index contributed by atoms with van der Waals surface area (Å²) < 4.78 is 10.6. The van der Waals surface area contributed by atoms with Gasteiger partial charge >= 0.3 is 0 Å². The van der Waals surface area contributed by atoms with Crippen LogP contribution in [0.3, 0.4) is 0 Å². The summed E-state index contributed by atoms with van der Waals surface area (Å²) in [4.78, 5) is 11.6. The largest absolute Gasteiger partial charge is 0.493 e. The minimum Gasteiger partial charge on any atom is -0.493 e. The van der Waals surface area contributed by atoms with Crippen LogP contribution < -0.4 is 10.1 Å². The molecule has 1 saturated carbocycles. The van der Waals surface area contributed by atoms with Gasteiger partial charge < -0.3 is 25.0 Å². The highest BCUT2D eigenvalue weighted by Crippen LogP contribution is 2.38. The van der Waals surface area contributed by atoms with Crippen LogP contribution in [0, 0.1) is 5.41 Å². The lowest BCUT2D eigenvalue weighted by atomic mass is 9.86. The van der Waals surface area contributed by atoms with Gasteiger partial charge in [0.25, 0.3) is 0 Å². The summed E-state index contributed by atoms with van der Waals surface area (Å²) in [6.07, 6.45) is -0.819. The Bertz CT molecular complexity index is 469. The normalized spacial score (nSPS) is 27.6. The Morgan fingerprint density at radius 2 is 1.91 bits per heavy atom. The Morgan fingerprint density at radius 1 is 1.27 bits per heavy atom. The van der Waals surface area contributed by atoms with Crippen LogP contribution in [0.15, 0.2) is 30.3 Å². The van der Waals surface area contributed by atoms with Gasteiger partial charge in [-0.1, -0.05) is 18.2 Å².